The SMILES string of the molecule is C=C(C)c1cc(-c2ccccn2)cc(-c2c(-c3ccccn3)ccc3c2[nH]c2ccccc23)n1. The molecule has 4 heterocycles. The van der Waals surface area contributed by atoms with Crippen LogP contribution in [-0.4, -0.2) is 19.9 Å². The van der Waals surface area contributed by atoms with Gasteiger partial charge in [0.15, 0.2) is 0 Å². The predicted molar refractivity (Wildman–Crippen MR) is 140 cm³/mol. The number of aromatic amines is 1. The van der Waals surface area contributed by atoms with Gasteiger partial charge in [-0.1, -0.05) is 49.0 Å². The number of pyridine rings is 3. The van der Waals surface area contributed by atoms with Gasteiger partial charge in [-0.3, -0.25) is 9.97 Å². The zero-order valence-corrected chi connectivity index (χ0v) is 18.8. The molecule has 6 aromatic rings. The van der Waals surface area contributed by atoms with Gasteiger partial charge in [0.1, 0.15) is 0 Å². The zero-order chi connectivity index (χ0) is 23.1. The monoisotopic (exact) mass is 438 g/mol. The number of benzene rings is 2. The number of fused-ring (bicyclic) bond motifs is 3. The van der Waals surface area contributed by atoms with E-state index < -0.39 is 0 Å². The number of hydrogen-bond acceptors (Lipinski definition) is 3. The Hall–Kier alpha value is -4.57. The minimum Gasteiger partial charge on any atom is -0.354 e. The molecule has 6 rings (SSSR count). The van der Waals surface area contributed by atoms with E-state index in [1.54, 1.807) is 0 Å². The van der Waals surface area contributed by atoms with E-state index in [1.807, 2.05) is 55.7 Å². The Bertz CT molecular complexity index is 1670. The van der Waals surface area contributed by atoms with Crippen LogP contribution >= 0.6 is 0 Å². The number of hydrogen-bond donors (Lipinski definition) is 1. The van der Waals surface area contributed by atoms with E-state index in [2.05, 4.69) is 70.1 Å². The maximum absolute atomic E-state index is 5.06. The van der Waals surface area contributed by atoms with Crippen LogP contribution in [0.25, 0.3) is 61.2 Å². The summed E-state index contributed by atoms with van der Waals surface area (Å²) < 4.78 is 0. The third-order valence-corrected chi connectivity index (χ3v) is 6.10. The summed E-state index contributed by atoms with van der Waals surface area (Å²) >= 11 is 0. The van der Waals surface area contributed by atoms with Crippen LogP contribution in [0.15, 0.2) is 104 Å². The second kappa shape index (κ2) is 8.09. The topological polar surface area (TPSA) is 54.5 Å². The Morgan fingerprint density at radius 3 is 2.21 bits per heavy atom. The average molecular weight is 439 g/mol. The van der Waals surface area contributed by atoms with Crippen molar-refractivity contribution in [3.05, 3.63) is 110 Å². The van der Waals surface area contributed by atoms with Gasteiger partial charge < -0.3 is 4.98 Å². The predicted octanol–water partition coefficient (Wildman–Crippen LogP) is 7.54. The number of rotatable bonds is 4. The maximum Gasteiger partial charge on any atom is 0.0744 e. The lowest BCUT2D eigenvalue weighted by Gasteiger charge is -2.14. The molecule has 0 aliphatic rings. The lowest BCUT2D eigenvalue weighted by atomic mass is 9.95. The molecule has 0 saturated heterocycles. The van der Waals surface area contributed by atoms with Crippen molar-refractivity contribution in [1.82, 2.24) is 19.9 Å². The maximum atomic E-state index is 5.06. The second-order valence-corrected chi connectivity index (χ2v) is 8.42. The molecule has 1 N–H and O–H groups in total. The van der Waals surface area contributed by atoms with Crippen LogP contribution in [0.4, 0.5) is 0 Å². The van der Waals surface area contributed by atoms with Crippen LogP contribution in [0.2, 0.25) is 0 Å². The minimum atomic E-state index is 0.846. The molecular formula is C30H22N4. The summed E-state index contributed by atoms with van der Waals surface area (Å²) in [6.45, 7) is 6.15. The highest BCUT2D eigenvalue weighted by atomic mass is 14.8. The highest BCUT2D eigenvalue weighted by Crippen LogP contribution is 2.40. The number of H-pyrrole nitrogens is 1. The molecule has 0 radical (unpaired) electrons. The van der Waals surface area contributed by atoms with Crippen LogP contribution in [0.3, 0.4) is 0 Å². The fraction of sp³-hybridized carbons (Fsp3) is 0.0333. The number of para-hydroxylation sites is 1. The van der Waals surface area contributed by atoms with E-state index in [0.717, 1.165) is 61.5 Å². The molecule has 0 aliphatic heterocycles. The minimum absolute atomic E-state index is 0.846. The van der Waals surface area contributed by atoms with Crippen molar-refractivity contribution in [2.45, 2.75) is 6.92 Å². The summed E-state index contributed by atoms with van der Waals surface area (Å²) in [5.74, 6) is 0. The first-order valence-electron chi connectivity index (χ1n) is 11.2. The molecule has 0 fully saturated rings. The van der Waals surface area contributed by atoms with Crippen LogP contribution in [-0.2, 0) is 0 Å². The largest absolute Gasteiger partial charge is 0.354 e. The van der Waals surface area contributed by atoms with Gasteiger partial charge in [-0.25, -0.2) is 4.98 Å². The Morgan fingerprint density at radius 1 is 0.735 bits per heavy atom. The van der Waals surface area contributed by atoms with E-state index in [4.69, 9.17) is 4.98 Å². The summed E-state index contributed by atoms with van der Waals surface area (Å²) in [6.07, 6.45) is 3.64. The Balaban J connectivity index is 1.72. The smallest absolute Gasteiger partial charge is 0.0744 e. The zero-order valence-electron chi connectivity index (χ0n) is 18.8. The fourth-order valence-corrected chi connectivity index (χ4v) is 4.48. The Labute approximate surface area is 197 Å². The summed E-state index contributed by atoms with van der Waals surface area (Å²) in [5.41, 5.74) is 9.60. The molecular weight excluding hydrogens is 416 g/mol. The molecule has 0 saturated carbocycles. The van der Waals surface area contributed by atoms with Crippen molar-refractivity contribution >= 4 is 27.4 Å². The van der Waals surface area contributed by atoms with Crippen LogP contribution in [0.5, 0.6) is 0 Å². The molecule has 0 aliphatic carbocycles. The highest BCUT2D eigenvalue weighted by molar-refractivity contribution is 6.14. The van der Waals surface area contributed by atoms with E-state index in [0.29, 0.717) is 0 Å². The molecule has 4 heteroatoms. The summed E-state index contributed by atoms with van der Waals surface area (Å²) in [6, 6.07) is 28.8. The van der Waals surface area contributed by atoms with Gasteiger partial charge in [-0.05, 0) is 55.0 Å². The molecule has 4 aromatic heterocycles. The van der Waals surface area contributed by atoms with Crippen molar-refractivity contribution in [2.24, 2.45) is 0 Å². The van der Waals surface area contributed by atoms with Crippen molar-refractivity contribution in [3.63, 3.8) is 0 Å². The number of allylic oxidation sites excluding steroid dienone is 1. The van der Waals surface area contributed by atoms with Crippen LogP contribution in [0.1, 0.15) is 12.6 Å². The number of nitrogens with zero attached hydrogens (tertiary/aromatic N) is 3. The van der Waals surface area contributed by atoms with Gasteiger partial charge in [-0.2, -0.15) is 0 Å². The van der Waals surface area contributed by atoms with Crippen LogP contribution < -0.4 is 0 Å². The second-order valence-electron chi connectivity index (χ2n) is 8.42. The number of aromatic nitrogens is 4. The molecule has 162 valence electrons. The van der Waals surface area contributed by atoms with Gasteiger partial charge in [0.05, 0.1) is 28.3 Å². The molecule has 0 amide bonds. The number of nitrogens with one attached hydrogen (secondary N) is 1. The lowest BCUT2D eigenvalue weighted by molar-refractivity contribution is 1.25. The first-order valence-corrected chi connectivity index (χ1v) is 11.2. The molecule has 0 spiro atoms. The lowest BCUT2D eigenvalue weighted by Crippen LogP contribution is -1.96. The van der Waals surface area contributed by atoms with Crippen LogP contribution in [0, 0.1) is 0 Å². The Kier molecular flexibility index (Phi) is 4.77. The van der Waals surface area contributed by atoms with Gasteiger partial charge in [0.25, 0.3) is 0 Å². The first kappa shape index (κ1) is 20.1. The van der Waals surface area contributed by atoms with Gasteiger partial charge in [0, 0.05) is 45.4 Å². The quantitative estimate of drug-likeness (QED) is 0.309. The normalized spacial score (nSPS) is 11.2. The summed E-state index contributed by atoms with van der Waals surface area (Å²) in [4.78, 5) is 18.0. The summed E-state index contributed by atoms with van der Waals surface area (Å²) in [7, 11) is 0. The van der Waals surface area contributed by atoms with Crippen molar-refractivity contribution in [2.75, 3.05) is 0 Å². The third-order valence-electron chi connectivity index (χ3n) is 6.10. The highest BCUT2D eigenvalue weighted by Gasteiger charge is 2.19. The van der Waals surface area contributed by atoms with Gasteiger partial charge >= 0.3 is 0 Å². The fourth-order valence-electron chi connectivity index (χ4n) is 4.48. The molecule has 2 aromatic carbocycles. The van der Waals surface area contributed by atoms with E-state index in [9.17, 15) is 0 Å². The molecule has 0 unspecified atom stereocenters. The Morgan fingerprint density at radius 2 is 1.47 bits per heavy atom. The molecule has 4 nitrogen and oxygen atoms in total. The molecule has 0 bridgehead atoms. The molecule has 0 atom stereocenters. The third kappa shape index (κ3) is 3.37. The van der Waals surface area contributed by atoms with E-state index in [1.165, 1.54) is 5.39 Å². The van der Waals surface area contributed by atoms with Crippen molar-refractivity contribution in [1.29, 1.82) is 0 Å². The van der Waals surface area contributed by atoms with Gasteiger partial charge in [0.2, 0.25) is 0 Å². The van der Waals surface area contributed by atoms with E-state index in [-0.39, 0.29) is 0 Å². The van der Waals surface area contributed by atoms with Gasteiger partial charge in [-0.15, -0.1) is 0 Å². The van der Waals surface area contributed by atoms with Crippen molar-refractivity contribution in [3.8, 4) is 33.8 Å². The molecule has 34 heavy (non-hydrogen) atoms. The van der Waals surface area contributed by atoms with E-state index >= 15 is 0 Å². The first-order chi connectivity index (χ1) is 16.7. The summed E-state index contributed by atoms with van der Waals surface area (Å²) in [5, 5.41) is 2.35. The standard InChI is InChI=1S/C30H22N4/c1-19(2)27-17-20(24-10-5-7-15-31-24)18-28(33-27)29-23(25-11-6-8-16-32-25)14-13-22-21-9-3-4-12-26(21)34-30(22)29/h3-18,34H,1H2,2H3. The van der Waals surface area contributed by atoms with Crippen molar-refractivity contribution < 1.29 is 0 Å². The average Bonchev–Trinajstić information content (AvgIpc) is 3.27.